The maximum atomic E-state index is 12.2. The number of nitrogens with two attached hydrogens (primary N) is 1. The average Bonchev–Trinajstić information content (AvgIpc) is 2.49. The van der Waals surface area contributed by atoms with Crippen molar-refractivity contribution in [2.45, 2.75) is 24.2 Å². The molecule has 23 heavy (non-hydrogen) atoms. The molecule has 2 aromatic carbocycles. The number of hydrogen-bond acceptors (Lipinski definition) is 4. The Hall–Kier alpha value is -2.54. The Morgan fingerprint density at radius 1 is 1.04 bits per heavy atom. The number of benzene rings is 2. The van der Waals surface area contributed by atoms with Crippen LogP contribution in [0.1, 0.15) is 18.4 Å². The highest BCUT2D eigenvalue weighted by Gasteiger charge is 2.13. The molecular weight excluding hydrogens is 316 g/mol. The number of carboxylic acids is 1. The predicted octanol–water partition coefficient (Wildman–Crippen LogP) is 2.48. The van der Waals surface area contributed by atoms with E-state index in [1.807, 2.05) is 0 Å². The fourth-order valence-electron chi connectivity index (χ4n) is 2.04. The summed E-state index contributed by atoms with van der Waals surface area (Å²) in [5.41, 5.74) is 7.45. The molecule has 7 heteroatoms. The van der Waals surface area contributed by atoms with Crippen molar-refractivity contribution in [3.8, 4) is 0 Å². The molecule has 0 saturated carbocycles. The highest BCUT2D eigenvalue weighted by Crippen LogP contribution is 2.18. The van der Waals surface area contributed by atoms with E-state index >= 15 is 0 Å². The minimum atomic E-state index is -3.65. The predicted molar refractivity (Wildman–Crippen MR) is 88.7 cm³/mol. The lowest BCUT2D eigenvalue weighted by molar-refractivity contribution is -0.137. The molecule has 0 radical (unpaired) electrons. The quantitative estimate of drug-likeness (QED) is 0.674. The summed E-state index contributed by atoms with van der Waals surface area (Å²) in [5, 5.41) is 8.60. The summed E-state index contributed by atoms with van der Waals surface area (Å²) >= 11 is 0. The molecule has 0 heterocycles. The monoisotopic (exact) mass is 334 g/mol. The molecule has 0 amide bonds. The van der Waals surface area contributed by atoms with Gasteiger partial charge in [-0.05, 0) is 54.8 Å². The molecule has 0 aromatic heterocycles. The molecule has 0 aliphatic carbocycles. The molecule has 0 aliphatic heterocycles. The standard InChI is InChI=1S/C16H18N2O4S/c17-13-6-10-15(11-7-13)23(21,22)18-14-8-4-12(5-9-14)2-1-3-16(19)20/h4-11,18H,1-3,17H2,(H,19,20). The maximum absolute atomic E-state index is 12.2. The van der Waals surface area contributed by atoms with E-state index in [4.69, 9.17) is 10.8 Å². The van der Waals surface area contributed by atoms with Crippen molar-refractivity contribution >= 4 is 27.4 Å². The van der Waals surface area contributed by atoms with E-state index in [0.717, 1.165) is 5.56 Å². The van der Waals surface area contributed by atoms with E-state index in [-0.39, 0.29) is 11.3 Å². The molecule has 4 N–H and O–H groups in total. The van der Waals surface area contributed by atoms with Gasteiger partial charge in [-0.25, -0.2) is 8.42 Å². The molecule has 0 aliphatic rings. The third-order valence-corrected chi connectivity index (χ3v) is 4.65. The van der Waals surface area contributed by atoms with Crippen LogP contribution in [0.2, 0.25) is 0 Å². The van der Waals surface area contributed by atoms with Gasteiger partial charge in [-0.2, -0.15) is 0 Å². The Kier molecular flexibility index (Phi) is 5.23. The average molecular weight is 334 g/mol. The number of anilines is 2. The Morgan fingerprint density at radius 2 is 1.65 bits per heavy atom. The molecular formula is C16H18N2O4S. The van der Waals surface area contributed by atoms with Gasteiger partial charge in [0.2, 0.25) is 0 Å². The van der Waals surface area contributed by atoms with Crippen LogP contribution in [0.4, 0.5) is 11.4 Å². The van der Waals surface area contributed by atoms with Crippen LogP contribution in [0.25, 0.3) is 0 Å². The Bertz CT molecular complexity index is 769. The SMILES string of the molecule is Nc1ccc(S(=O)(=O)Nc2ccc(CCCC(=O)O)cc2)cc1. The van der Waals surface area contributed by atoms with Crippen molar-refractivity contribution in [3.05, 3.63) is 54.1 Å². The first-order chi connectivity index (χ1) is 10.9. The second-order valence-corrected chi connectivity index (χ2v) is 6.80. The Morgan fingerprint density at radius 3 is 2.22 bits per heavy atom. The zero-order valence-corrected chi connectivity index (χ0v) is 13.2. The van der Waals surface area contributed by atoms with Crippen LogP contribution in [-0.2, 0) is 21.2 Å². The lowest BCUT2D eigenvalue weighted by Crippen LogP contribution is -2.12. The first kappa shape index (κ1) is 16.8. The van der Waals surface area contributed by atoms with Crippen molar-refractivity contribution in [3.63, 3.8) is 0 Å². The van der Waals surface area contributed by atoms with E-state index in [1.54, 1.807) is 24.3 Å². The van der Waals surface area contributed by atoms with Crippen LogP contribution in [-0.4, -0.2) is 19.5 Å². The van der Waals surface area contributed by atoms with Gasteiger partial charge in [0.1, 0.15) is 0 Å². The summed E-state index contributed by atoms with van der Waals surface area (Å²) in [5.74, 6) is -0.821. The molecule has 122 valence electrons. The van der Waals surface area contributed by atoms with Gasteiger partial charge in [-0.1, -0.05) is 12.1 Å². The fourth-order valence-corrected chi connectivity index (χ4v) is 3.10. The van der Waals surface area contributed by atoms with Crippen molar-refractivity contribution in [2.24, 2.45) is 0 Å². The molecule has 0 spiro atoms. The maximum Gasteiger partial charge on any atom is 0.303 e. The molecule has 2 aromatic rings. The van der Waals surface area contributed by atoms with E-state index in [0.29, 0.717) is 24.2 Å². The molecule has 2 rings (SSSR count). The number of nitrogen functional groups attached to an aromatic ring is 1. The number of aryl methyl sites for hydroxylation is 1. The largest absolute Gasteiger partial charge is 0.481 e. The molecule has 0 bridgehead atoms. The van der Waals surface area contributed by atoms with Crippen LogP contribution in [0, 0.1) is 0 Å². The summed E-state index contributed by atoms with van der Waals surface area (Å²) in [6.07, 6.45) is 1.30. The van der Waals surface area contributed by atoms with Crippen LogP contribution in [0.3, 0.4) is 0 Å². The van der Waals surface area contributed by atoms with Gasteiger partial charge in [0, 0.05) is 17.8 Å². The highest BCUT2D eigenvalue weighted by atomic mass is 32.2. The molecule has 0 unspecified atom stereocenters. The second-order valence-electron chi connectivity index (χ2n) is 5.12. The van der Waals surface area contributed by atoms with Crippen LogP contribution < -0.4 is 10.5 Å². The third-order valence-electron chi connectivity index (χ3n) is 3.25. The fraction of sp³-hybridized carbons (Fsp3) is 0.188. The first-order valence-corrected chi connectivity index (χ1v) is 8.54. The van der Waals surface area contributed by atoms with E-state index in [2.05, 4.69) is 4.72 Å². The highest BCUT2D eigenvalue weighted by molar-refractivity contribution is 7.92. The zero-order chi connectivity index (χ0) is 16.9. The van der Waals surface area contributed by atoms with E-state index < -0.39 is 16.0 Å². The summed E-state index contributed by atoms with van der Waals surface area (Å²) in [7, 11) is -3.65. The zero-order valence-electron chi connectivity index (χ0n) is 12.4. The number of hydrogen-bond donors (Lipinski definition) is 3. The van der Waals surface area contributed by atoms with Crippen LogP contribution in [0.15, 0.2) is 53.4 Å². The van der Waals surface area contributed by atoms with Crippen molar-refractivity contribution in [2.75, 3.05) is 10.5 Å². The molecule has 0 atom stereocenters. The summed E-state index contributed by atoms with van der Waals surface area (Å²) in [6, 6.07) is 12.8. The van der Waals surface area contributed by atoms with E-state index in [1.165, 1.54) is 24.3 Å². The normalized spacial score (nSPS) is 11.1. The Labute approximate surface area is 135 Å². The van der Waals surface area contributed by atoms with Gasteiger partial charge >= 0.3 is 5.97 Å². The molecule has 0 saturated heterocycles. The minimum Gasteiger partial charge on any atom is -0.481 e. The van der Waals surface area contributed by atoms with Crippen molar-refractivity contribution in [1.29, 1.82) is 0 Å². The number of carbonyl (C=O) groups is 1. The topological polar surface area (TPSA) is 109 Å². The first-order valence-electron chi connectivity index (χ1n) is 7.06. The van der Waals surface area contributed by atoms with E-state index in [9.17, 15) is 13.2 Å². The van der Waals surface area contributed by atoms with Gasteiger partial charge < -0.3 is 10.8 Å². The second kappa shape index (κ2) is 7.15. The van der Waals surface area contributed by atoms with Crippen LogP contribution in [0.5, 0.6) is 0 Å². The lowest BCUT2D eigenvalue weighted by Gasteiger charge is -2.09. The smallest absolute Gasteiger partial charge is 0.303 e. The van der Waals surface area contributed by atoms with Gasteiger partial charge in [-0.15, -0.1) is 0 Å². The summed E-state index contributed by atoms with van der Waals surface area (Å²) < 4.78 is 26.9. The number of rotatable bonds is 7. The summed E-state index contributed by atoms with van der Waals surface area (Å²) in [4.78, 5) is 10.6. The van der Waals surface area contributed by atoms with Crippen molar-refractivity contribution < 1.29 is 18.3 Å². The molecule has 6 nitrogen and oxygen atoms in total. The number of sulfonamides is 1. The lowest BCUT2D eigenvalue weighted by atomic mass is 10.1. The van der Waals surface area contributed by atoms with Gasteiger partial charge in [-0.3, -0.25) is 9.52 Å². The third kappa shape index (κ3) is 5.00. The summed E-state index contributed by atoms with van der Waals surface area (Å²) in [6.45, 7) is 0. The van der Waals surface area contributed by atoms with Gasteiger partial charge in [0.05, 0.1) is 4.90 Å². The van der Waals surface area contributed by atoms with Gasteiger partial charge in [0.25, 0.3) is 10.0 Å². The number of carboxylic acid groups (broad SMARTS) is 1. The number of aliphatic carboxylic acids is 1. The minimum absolute atomic E-state index is 0.117. The van der Waals surface area contributed by atoms with Gasteiger partial charge in [0.15, 0.2) is 0 Å². The molecule has 0 fully saturated rings. The van der Waals surface area contributed by atoms with Crippen molar-refractivity contribution in [1.82, 2.24) is 0 Å². The van der Waals surface area contributed by atoms with Crippen LogP contribution >= 0.6 is 0 Å². The number of nitrogens with one attached hydrogen (secondary N) is 1. The Balaban J connectivity index is 2.02.